The van der Waals surface area contributed by atoms with Crippen LogP contribution >= 0.6 is 0 Å². The predicted molar refractivity (Wildman–Crippen MR) is 228 cm³/mol. The number of hydrogen-bond acceptors (Lipinski definition) is 3. The Balaban J connectivity index is 0.000000217. The first-order valence-corrected chi connectivity index (χ1v) is 22.7. The molecule has 0 unspecified atom stereocenters. The third kappa shape index (κ3) is 10.3. The van der Waals surface area contributed by atoms with E-state index in [-0.39, 0.29) is 31.3 Å². The molecule has 3 heterocycles. The van der Waals surface area contributed by atoms with Crippen LogP contribution in [0.1, 0.15) is 71.1 Å². The van der Waals surface area contributed by atoms with E-state index in [4.69, 9.17) is 9.40 Å². The van der Waals surface area contributed by atoms with Gasteiger partial charge in [0.2, 0.25) is 0 Å². The fourth-order valence-corrected chi connectivity index (χ4v) is 8.56. The molecular weight excluding hydrogens is 872 g/mol. The minimum absolute atomic E-state index is 0. The van der Waals surface area contributed by atoms with Gasteiger partial charge in [0.1, 0.15) is 11.4 Å². The fourth-order valence-electron chi connectivity index (χ4n) is 6.97. The maximum absolute atomic E-state index is 13.3. The van der Waals surface area contributed by atoms with E-state index in [2.05, 4.69) is 134 Å². The maximum Gasteiger partial charge on any atom is 0.123 e. The zero-order chi connectivity index (χ0) is 38.8. The third-order valence-corrected chi connectivity index (χ3v) is 11.7. The van der Waals surface area contributed by atoms with Crippen LogP contribution in [0.15, 0.2) is 108 Å². The Kier molecular flexibility index (Phi) is 13.2. The fraction of sp³-hybridized carbons (Fsp3) is 0.306. The Bertz CT molecular complexity index is 2370. The standard InChI is InChI=1S/C28H23FNO.C21H30NSi.Ir/c1-28(2,3)17-18-13-14-30-25(15-18)24-6-4-5-23-22-12-9-20(16-26(22)31-27(23)24)19-7-10-21(29)11-8-19;1-15(2)12-19-13-20(22-14-21(19)23(5,6)7)18-10-8-17(9-11-18)16(3)4;/h4-5,7-16H,17H2,1-3H3;8-10,13-16H,12H2,1-7H3;/q2*-1;. The third-order valence-electron chi connectivity index (χ3n) is 9.63. The van der Waals surface area contributed by atoms with Crippen LogP contribution in [0.25, 0.3) is 55.6 Å². The van der Waals surface area contributed by atoms with E-state index in [9.17, 15) is 4.39 Å². The monoisotopic (exact) mass is 925 g/mol. The predicted octanol–water partition coefficient (Wildman–Crippen LogP) is 13.3. The van der Waals surface area contributed by atoms with Crippen LogP contribution in [-0.2, 0) is 32.9 Å². The van der Waals surface area contributed by atoms with Crippen molar-refractivity contribution in [3.05, 3.63) is 138 Å². The number of halogens is 1. The topological polar surface area (TPSA) is 38.9 Å². The molecule has 0 aliphatic carbocycles. The van der Waals surface area contributed by atoms with Crippen molar-refractivity contribution < 1.29 is 28.9 Å². The van der Waals surface area contributed by atoms with Crippen LogP contribution in [0.3, 0.4) is 0 Å². The van der Waals surface area contributed by atoms with Gasteiger partial charge in [-0.25, -0.2) is 4.39 Å². The van der Waals surface area contributed by atoms with E-state index in [0.29, 0.717) is 11.8 Å². The van der Waals surface area contributed by atoms with E-state index in [0.717, 1.165) is 68.4 Å². The van der Waals surface area contributed by atoms with Gasteiger partial charge in [-0.2, -0.15) is 0 Å². The van der Waals surface area contributed by atoms with Gasteiger partial charge in [-0.05, 0) is 76.1 Å². The van der Waals surface area contributed by atoms with Gasteiger partial charge >= 0.3 is 0 Å². The van der Waals surface area contributed by atoms with E-state index < -0.39 is 8.07 Å². The molecule has 0 N–H and O–H groups in total. The molecule has 7 aromatic rings. The Morgan fingerprint density at radius 1 is 0.782 bits per heavy atom. The van der Waals surface area contributed by atoms with Gasteiger partial charge in [0.15, 0.2) is 0 Å². The smallest absolute Gasteiger partial charge is 0.123 e. The van der Waals surface area contributed by atoms with Crippen LogP contribution in [-0.4, -0.2) is 18.0 Å². The van der Waals surface area contributed by atoms with Crippen molar-refractivity contribution in [1.29, 1.82) is 0 Å². The number of nitrogens with zero attached hydrogens (tertiary/aromatic N) is 2. The molecule has 0 amide bonds. The van der Waals surface area contributed by atoms with Crippen LogP contribution in [0, 0.1) is 29.3 Å². The number of hydrogen-bond donors (Lipinski definition) is 0. The first-order chi connectivity index (χ1) is 25.6. The van der Waals surface area contributed by atoms with Crippen molar-refractivity contribution in [2.45, 2.75) is 86.9 Å². The molecule has 287 valence electrons. The number of pyridine rings is 2. The number of aromatic nitrogens is 2. The van der Waals surface area contributed by atoms with E-state index in [1.165, 1.54) is 34.0 Å². The summed E-state index contributed by atoms with van der Waals surface area (Å²) >= 11 is 0. The van der Waals surface area contributed by atoms with Crippen LogP contribution in [0.5, 0.6) is 0 Å². The first kappa shape index (κ1) is 41.9. The van der Waals surface area contributed by atoms with Crippen molar-refractivity contribution in [1.82, 2.24) is 9.97 Å². The number of fused-ring (bicyclic) bond motifs is 3. The second kappa shape index (κ2) is 17.3. The summed E-state index contributed by atoms with van der Waals surface area (Å²) in [6, 6.07) is 36.3. The summed E-state index contributed by atoms with van der Waals surface area (Å²) in [5, 5.41) is 3.58. The summed E-state index contributed by atoms with van der Waals surface area (Å²) in [5.41, 5.74) is 11.7. The summed E-state index contributed by atoms with van der Waals surface area (Å²) in [6.45, 7) is 22.9. The summed E-state index contributed by atoms with van der Waals surface area (Å²) in [5.74, 6) is 0.960. The van der Waals surface area contributed by atoms with E-state index >= 15 is 0 Å². The average Bonchev–Trinajstić information content (AvgIpc) is 3.49. The van der Waals surface area contributed by atoms with E-state index in [1.54, 1.807) is 12.1 Å². The van der Waals surface area contributed by atoms with Crippen LogP contribution < -0.4 is 5.19 Å². The molecule has 1 radical (unpaired) electrons. The Labute approximate surface area is 342 Å². The molecule has 0 spiro atoms. The Morgan fingerprint density at radius 2 is 1.51 bits per heavy atom. The molecule has 3 nitrogen and oxygen atoms in total. The van der Waals surface area contributed by atoms with E-state index in [1.807, 2.05) is 30.5 Å². The summed E-state index contributed by atoms with van der Waals surface area (Å²) in [6.07, 6.45) is 6.08. The van der Waals surface area contributed by atoms with Crippen molar-refractivity contribution in [2.24, 2.45) is 11.3 Å². The van der Waals surface area contributed by atoms with Gasteiger partial charge < -0.3 is 14.4 Å². The zero-order valence-corrected chi connectivity index (χ0v) is 37.3. The molecule has 7 rings (SSSR count). The van der Waals surface area contributed by atoms with Gasteiger partial charge in [-0.3, -0.25) is 0 Å². The minimum Gasteiger partial charge on any atom is -0.501 e. The number of rotatable bonds is 8. The molecule has 0 saturated carbocycles. The molecule has 0 saturated heterocycles. The molecule has 55 heavy (non-hydrogen) atoms. The summed E-state index contributed by atoms with van der Waals surface area (Å²) < 4.78 is 19.6. The number of benzene rings is 4. The summed E-state index contributed by atoms with van der Waals surface area (Å²) in [7, 11) is -1.37. The molecule has 6 heteroatoms. The largest absolute Gasteiger partial charge is 0.501 e. The zero-order valence-electron chi connectivity index (χ0n) is 33.9. The van der Waals surface area contributed by atoms with Gasteiger partial charge in [-0.1, -0.05) is 132 Å². The molecule has 0 fully saturated rings. The quantitative estimate of drug-likeness (QED) is 0.113. The Morgan fingerprint density at radius 3 is 2.15 bits per heavy atom. The maximum atomic E-state index is 13.3. The van der Waals surface area contributed by atoms with Crippen molar-refractivity contribution >= 4 is 35.2 Å². The van der Waals surface area contributed by atoms with Crippen molar-refractivity contribution in [3.63, 3.8) is 0 Å². The van der Waals surface area contributed by atoms with Gasteiger partial charge in [-0.15, -0.1) is 53.6 Å². The van der Waals surface area contributed by atoms with Crippen LogP contribution in [0.4, 0.5) is 4.39 Å². The molecular formula is C49H53FIrN2OSi-2. The van der Waals surface area contributed by atoms with Gasteiger partial charge in [0.25, 0.3) is 0 Å². The number of furan rings is 1. The molecule has 0 aliphatic heterocycles. The van der Waals surface area contributed by atoms with Crippen molar-refractivity contribution in [2.75, 3.05) is 0 Å². The van der Waals surface area contributed by atoms with Crippen LogP contribution in [0.2, 0.25) is 19.6 Å². The molecule has 0 atom stereocenters. The average molecular weight is 925 g/mol. The first-order valence-electron chi connectivity index (χ1n) is 19.2. The Hall–Kier alpha value is -4.22. The summed E-state index contributed by atoms with van der Waals surface area (Å²) in [4.78, 5) is 9.37. The molecule has 4 aromatic carbocycles. The second-order valence-corrected chi connectivity index (χ2v) is 22.5. The second-order valence-electron chi connectivity index (χ2n) is 17.5. The molecule has 0 bridgehead atoms. The van der Waals surface area contributed by atoms with Gasteiger partial charge in [0.05, 0.1) is 13.7 Å². The molecule has 3 aromatic heterocycles. The normalized spacial score (nSPS) is 11.9. The van der Waals surface area contributed by atoms with Crippen molar-refractivity contribution in [3.8, 4) is 33.6 Å². The minimum atomic E-state index is -1.37. The van der Waals surface area contributed by atoms with Gasteiger partial charge in [0, 0.05) is 37.9 Å². The molecule has 0 aliphatic rings. The SMILES string of the molecule is CC(C)(C)Cc1ccnc(-c2[c-]ccc3c2oc2cc(-c4ccc(F)cc4)ccc23)c1.CC(C)Cc1cc(-c2[c-]cc(C(C)C)cc2)ncc1[Si](C)(C)C.[Ir].